The molecule has 0 radical (unpaired) electrons. The summed E-state index contributed by atoms with van der Waals surface area (Å²) in [6.45, 7) is 6.96. The van der Waals surface area contributed by atoms with Crippen molar-refractivity contribution >= 4 is 11.6 Å². The van der Waals surface area contributed by atoms with Crippen LogP contribution < -0.4 is 10.1 Å². The highest BCUT2D eigenvalue weighted by atomic mass is 35.5. The fourth-order valence-corrected chi connectivity index (χ4v) is 3.24. The number of β-amino-alcohol motifs (C(OH)–C–C–N with tert-alkyl or cyclic N) is 1. The quantitative estimate of drug-likeness (QED) is 0.800. The van der Waals surface area contributed by atoms with Crippen LogP contribution in [0.4, 0.5) is 0 Å². The minimum absolute atomic E-state index is 0.0136. The molecule has 2 rings (SSSR count). The molecule has 0 aromatic heterocycles. The van der Waals surface area contributed by atoms with E-state index in [0.29, 0.717) is 23.2 Å². The standard InChI is InChI=1S/C19H30ClNO2/c1-19(2,3)21-12-16(22)13-23-18-10-9-15(11-17(18)20)14-7-5-4-6-8-14/h9-11,14,16,21-22H,4-8,12-13H2,1-3H3. The lowest BCUT2D eigenvalue weighted by molar-refractivity contribution is 0.100. The van der Waals surface area contributed by atoms with E-state index in [1.165, 1.54) is 37.7 Å². The Hall–Kier alpha value is -0.770. The number of ether oxygens (including phenoxy) is 1. The highest BCUT2D eigenvalue weighted by molar-refractivity contribution is 6.32. The summed E-state index contributed by atoms with van der Waals surface area (Å²) in [5.74, 6) is 1.29. The maximum absolute atomic E-state index is 9.99. The van der Waals surface area contributed by atoms with Gasteiger partial charge in [0.15, 0.2) is 0 Å². The molecule has 2 N–H and O–H groups in total. The van der Waals surface area contributed by atoms with Gasteiger partial charge in [0.05, 0.1) is 5.02 Å². The smallest absolute Gasteiger partial charge is 0.138 e. The largest absolute Gasteiger partial charge is 0.489 e. The van der Waals surface area contributed by atoms with Gasteiger partial charge >= 0.3 is 0 Å². The molecule has 23 heavy (non-hydrogen) atoms. The summed E-state index contributed by atoms with van der Waals surface area (Å²) in [5.41, 5.74) is 1.30. The normalized spacial score (nSPS) is 18.0. The molecule has 1 atom stereocenters. The Kier molecular flexibility index (Phi) is 6.75. The van der Waals surface area contributed by atoms with Crippen molar-refractivity contribution in [2.24, 2.45) is 0 Å². The molecule has 1 aromatic rings. The third kappa shape index (κ3) is 6.33. The number of rotatable bonds is 6. The van der Waals surface area contributed by atoms with Gasteiger partial charge in [-0.1, -0.05) is 36.9 Å². The van der Waals surface area contributed by atoms with Crippen LogP contribution in [0.15, 0.2) is 18.2 Å². The van der Waals surface area contributed by atoms with E-state index < -0.39 is 6.10 Å². The molecule has 130 valence electrons. The first-order chi connectivity index (χ1) is 10.8. The van der Waals surface area contributed by atoms with Gasteiger partial charge in [-0.15, -0.1) is 0 Å². The number of benzene rings is 1. The van der Waals surface area contributed by atoms with E-state index in [1.54, 1.807) is 0 Å². The fraction of sp³-hybridized carbons (Fsp3) is 0.684. The zero-order valence-corrected chi connectivity index (χ0v) is 15.3. The lowest BCUT2D eigenvalue weighted by Crippen LogP contribution is -2.42. The van der Waals surface area contributed by atoms with E-state index in [-0.39, 0.29) is 12.1 Å². The molecule has 1 aromatic carbocycles. The lowest BCUT2D eigenvalue weighted by atomic mass is 9.84. The molecule has 1 fully saturated rings. The maximum atomic E-state index is 9.99. The van der Waals surface area contributed by atoms with Crippen LogP contribution in [0.2, 0.25) is 5.02 Å². The number of nitrogens with one attached hydrogen (secondary N) is 1. The Labute approximate surface area is 145 Å². The summed E-state index contributed by atoms with van der Waals surface area (Å²) >= 11 is 6.36. The van der Waals surface area contributed by atoms with Gasteiger partial charge in [-0.2, -0.15) is 0 Å². The zero-order valence-electron chi connectivity index (χ0n) is 14.6. The van der Waals surface area contributed by atoms with E-state index in [9.17, 15) is 5.11 Å². The summed E-state index contributed by atoms with van der Waals surface area (Å²) in [5, 5.41) is 13.9. The third-order valence-electron chi connectivity index (χ3n) is 4.33. The van der Waals surface area contributed by atoms with E-state index in [0.717, 1.165) is 0 Å². The Morgan fingerprint density at radius 1 is 1.26 bits per heavy atom. The van der Waals surface area contributed by atoms with Gasteiger partial charge in [0, 0.05) is 12.1 Å². The van der Waals surface area contributed by atoms with Crippen molar-refractivity contribution in [1.82, 2.24) is 5.32 Å². The summed E-state index contributed by atoms with van der Waals surface area (Å²) < 4.78 is 5.68. The zero-order chi connectivity index (χ0) is 16.9. The van der Waals surface area contributed by atoms with Gasteiger partial charge in [-0.25, -0.2) is 0 Å². The molecule has 1 aliphatic rings. The highest BCUT2D eigenvalue weighted by Gasteiger charge is 2.17. The lowest BCUT2D eigenvalue weighted by Gasteiger charge is -2.24. The van der Waals surface area contributed by atoms with Gasteiger partial charge in [0.2, 0.25) is 0 Å². The van der Waals surface area contributed by atoms with Gasteiger partial charge in [-0.3, -0.25) is 0 Å². The van der Waals surface area contributed by atoms with Crippen LogP contribution in [0.5, 0.6) is 5.75 Å². The Morgan fingerprint density at radius 2 is 1.96 bits per heavy atom. The van der Waals surface area contributed by atoms with Crippen LogP contribution in [-0.4, -0.2) is 29.9 Å². The van der Waals surface area contributed by atoms with Crippen molar-refractivity contribution in [3.8, 4) is 5.75 Å². The van der Waals surface area contributed by atoms with Crippen LogP contribution in [0.3, 0.4) is 0 Å². The van der Waals surface area contributed by atoms with Crippen LogP contribution in [0.25, 0.3) is 0 Å². The molecule has 0 amide bonds. The molecule has 0 bridgehead atoms. The third-order valence-corrected chi connectivity index (χ3v) is 4.63. The molecule has 0 spiro atoms. The number of hydrogen-bond acceptors (Lipinski definition) is 3. The van der Waals surface area contributed by atoms with Crippen LogP contribution >= 0.6 is 11.6 Å². The van der Waals surface area contributed by atoms with Crippen molar-refractivity contribution in [3.05, 3.63) is 28.8 Å². The Bertz CT molecular complexity index is 493. The monoisotopic (exact) mass is 339 g/mol. The summed E-state index contributed by atoms with van der Waals surface area (Å²) in [7, 11) is 0. The molecule has 1 unspecified atom stereocenters. The van der Waals surface area contributed by atoms with Crippen LogP contribution in [-0.2, 0) is 0 Å². The van der Waals surface area contributed by atoms with Crippen LogP contribution in [0.1, 0.15) is 64.4 Å². The van der Waals surface area contributed by atoms with Crippen molar-refractivity contribution < 1.29 is 9.84 Å². The average molecular weight is 340 g/mol. The summed E-state index contributed by atoms with van der Waals surface area (Å²) in [4.78, 5) is 0. The second kappa shape index (κ2) is 8.36. The van der Waals surface area contributed by atoms with Crippen molar-refractivity contribution in [3.63, 3.8) is 0 Å². The predicted octanol–water partition coefficient (Wildman–Crippen LogP) is 4.52. The summed E-state index contributed by atoms with van der Waals surface area (Å²) in [6.07, 6.45) is 5.94. The number of hydrogen-bond donors (Lipinski definition) is 2. The summed E-state index contributed by atoms with van der Waals surface area (Å²) in [6, 6.07) is 6.10. The minimum Gasteiger partial charge on any atom is -0.489 e. The molecule has 1 aliphatic carbocycles. The van der Waals surface area contributed by atoms with E-state index in [1.807, 2.05) is 12.1 Å². The predicted molar refractivity (Wildman–Crippen MR) is 96.5 cm³/mol. The molecule has 4 heteroatoms. The Balaban J connectivity index is 1.85. The van der Waals surface area contributed by atoms with Gasteiger partial charge in [0.25, 0.3) is 0 Å². The van der Waals surface area contributed by atoms with Gasteiger partial charge < -0.3 is 15.2 Å². The molecular weight excluding hydrogens is 310 g/mol. The topological polar surface area (TPSA) is 41.5 Å². The van der Waals surface area contributed by atoms with Gasteiger partial charge in [-0.05, 0) is 57.2 Å². The molecule has 1 saturated carbocycles. The van der Waals surface area contributed by atoms with E-state index in [4.69, 9.17) is 16.3 Å². The van der Waals surface area contributed by atoms with Crippen molar-refractivity contribution in [2.75, 3.05) is 13.2 Å². The number of halogens is 1. The van der Waals surface area contributed by atoms with Gasteiger partial charge in [0.1, 0.15) is 18.5 Å². The first-order valence-corrected chi connectivity index (χ1v) is 9.08. The van der Waals surface area contributed by atoms with E-state index >= 15 is 0 Å². The SMILES string of the molecule is CC(C)(C)NCC(O)COc1ccc(C2CCCCC2)cc1Cl. The minimum atomic E-state index is -0.552. The second-order valence-corrected chi connectivity index (χ2v) is 8.03. The molecule has 0 saturated heterocycles. The van der Waals surface area contributed by atoms with Crippen molar-refractivity contribution in [2.45, 2.75) is 70.4 Å². The first-order valence-electron chi connectivity index (χ1n) is 8.70. The number of aliphatic hydroxyl groups is 1. The molecular formula is C19H30ClNO2. The van der Waals surface area contributed by atoms with Crippen molar-refractivity contribution in [1.29, 1.82) is 0 Å². The molecule has 3 nitrogen and oxygen atoms in total. The fourth-order valence-electron chi connectivity index (χ4n) is 2.99. The molecule has 0 aliphatic heterocycles. The highest BCUT2D eigenvalue weighted by Crippen LogP contribution is 2.36. The average Bonchev–Trinajstić information content (AvgIpc) is 2.52. The Morgan fingerprint density at radius 3 is 2.57 bits per heavy atom. The molecule has 0 heterocycles. The van der Waals surface area contributed by atoms with Crippen LogP contribution in [0, 0.1) is 0 Å². The second-order valence-electron chi connectivity index (χ2n) is 7.62. The van der Waals surface area contributed by atoms with E-state index in [2.05, 4.69) is 32.2 Å². The maximum Gasteiger partial charge on any atom is 0.138 e. The number of aliphatic hydroxyl groups excluding tert-OH is 1. The first kappa shape index (κ1) is 18.6.